The fraction of sp³-hybridized carbons (Fsp3) is 0.316. The third-order valence-electron chi connectivity index (χ3n) is 4.24. The molecule has 0 radical (unpaired) electrons. The van der Waals surface area contributed by atoms with Crippen LogP contribution in [0.1, 0.15) is 34.9 Å². The van der Waals surface area contributed by atoms with Gasteiger partial charge in [0.15, 0.2) is 11.5 Å². The Balaban J connectivity index is 2.18. The van der Waals surface area contributed by atoms with Crippen molar-refractivity contribution in [1.29, 1.82) is 0 Å². The zero-order valence-electron chi connectivity index (χ0n) is 16.1. The van der Waals surface area contributed by atoms with Gasteiger partial charge in [0.2, 0.25) is 5.89 Å². The maximum absolute atomic E-state index is 13.1. The van der Waals surface area contributed by atoms with Gasteiger partial charge in [-0.15, -0.1) is 0 Å². The lowest BCUT2D eigenvalue weighted by molar-refractivity contribution is -0.140. The smallest absolute Gasteiger partial charge is 0.433 e. The minimum Gasteiger partial charge on any atom is -0.494 e. The number of pyridine rings is 1. The van der Waals surface area contributed by atoms with Crippen molar-refractivity contribution in [3.63, 3.8) is 0 Å². The average Bonchev–Trinajstić information content (AvgIpc) is 3.15. The number of carbonyl (C=O) groups is 1. The van der Waals surface area contributed by atoms with Crippen LogP contribution in [0.5, 0.6) is 5.75 Å². The number of methoxy groups -OCH3 is 1. The van der Waals surface area contributed by atoms with Gasteiger partial charge >= 0.3 is 6.18 Å². The van der Waals surface area contributed by atoms with Crippen molar-refractivity contribution in [3.8, 4) is 17.2 Å². The van der Waals surface area contributed by atoms with E-state index < -0.39 is 23.8 Å². The summed E-state index contributed by atoms with van der Waals surface area (Å²) in [5, 5.41) is 11.6. The van der Waals surface area contributed by atoms with Gasteiger partial charge in [-0.1, -0.05) is 0 Å². The van der Waals surface area contributed by atoms with Gasteiger partial charge in [-0.05, 0) is 31.2 Å². The number of alkyl halides is 3. The number of nitrogens with zero attached hydrogens (tertiary/aromatic N) is 2. The molecule has 2 aromatic heterocycles. The lowest BCUT2D eigenvalue weighted by Crippen LogP contribution is -2.28. The summed E-state index contributed by atoms with van der Waals surface area (Å²) < 4.78 is 50.1. The van der Waals surface area contributed by atoms with Crippen molar-refractivity contribution in [2.45, 2.75) is 19.1 Å². The molecule has 0 saturated carbocycles. The third-order valence-corrected chi connectivity index (χ3v) is 4.24. The van der Waals surface area contributed by atoms with Crippen LogP contribution >= 0.6 is 0 Å². The fourth-order valence-corrected chi connectivity index (χ4v) is 2.87. The minimum absolute atomic E-state index is 0.00865. The van der Waals surface area contributed by atoms with E-state index in [2.05, 4.69) is 15.3 Å². The van der Waals surface area contributed by atoms with Crippen molar-refractivity contribution >= 4 is 16.8 Å². The van der Waals surface area contributed by atoms with Crippen LogP contribution in [-0.2, 0) is 6.18 Å². The maximum atomic E-state index is 13.1. The first-order valence-corrected chi connectivity index (χ1v) is 8.88. The molecule has 1 atom stereocenters. The second-order valence-corrected chi connectivity index (χ2v) is 6.41. The quantitative estimate of drug-likeness (QED) is 0.556. The molecule has 3 rings (SSSR count). The van der Waals surface area contributed by atoms with Crippen LogP contribution in [-0.4, -0.2) is 41.2 Å². The van der Waals surface area contributed by atoms with E-state index in [-0.39, 0.29) is 41.8 Å². The van der Waals surface area contributed by atoms with E-state index in [0.29, 0.717) is 10.9 Å². The normalized spacial score (nSPS) is 12.8. The Labute approximate surface area is 168 Å². The predicted molar refractivity (Wildman–Crippen MR) is 101 cm³/mol. The van der Waals surface area contributed by atoms with Crippen molar-refractivity contribution in [3.05, 3.63) is 41.4 Å². The SMILES string of the molecule is COc1ccc(-c2nc(C(=O)NCCO)c(C(C)N)o2)c2ccc(C(F)(F)F)nc12. The van der Waals surface area contributed by atoms with Crippen molar-refractivity contribution in [1.82, 2.24) is 15.3 Å². The number of hydrogen-bond acceptors (Lipinski definition) is 7. The van der Waals surface area contributed by atoms with Crippen LogP contribution in [0.15, 0.2) is 28.7 Å². The Morgan fingerprint density at radius 1 is 1.30 bits per heavy atom. The standard InChI is InChI=1S/C19H19F3N4O4/c1-9(23)16-15(17(28)24-7-8-27)26-18(30-16)11-3-5-12(29-2)14-10(11)4-6-13(25-14)19(20,21)22/h3-6,9,27H,7-8,23H2,1-2H3,(H,24,28). The summed E-state index contributed by atoms with van der Waals surface area (Å²) in [5.41, 5.74) is 5.02. The number of aliphatic hydroxyl groups is 1. The lowest BCUT2D eigenvalue weighted by atomic mass is 10.1. The number of nitrogens with two attached hydrogens (primary N) is 1. The Morgan fingerprint density at radius 3 is 2.63 bits per heavy atom. The van der Waals surface area contributed by atoms with E-state index in [0.717, 1.165) is 6.07 Å². The molecular formula is C19H19F3N4O4. The van der Waals surface area contributed by atoms with Crippen molar-refractivity contribution in [2.24, 2.45) is 5.73 Å². The van der Waals surface area contributed by atoms with Crippen LogP contribution in [0, 0.1) is 0 Å². The van der Waals surface area contributed by atoms with Gasteiger partial charge < -0.3 is 25.3 Å². The van der Waals surface area contributed by atoms with Crippen LogP contribution in [0.25, 0.3) is 22.4 Å². The molecule has 0 aliphatic rings. The van der Waals surface area contributed by atoms with E-state index in [1.165, 1.54) is 19.2 Å². The second kappa shape index (κ2) is 8.28. The molecule has 3 aromatic rings. The third kappa shape index (κ3) is 4.07. The minimum atomic E-state index is -4.63. The monoisotopic (exact) mass is 424 g/mol. The largest absolute Gasteiger partial charge is 0.494 e. The Morgan fingerprint density at radius 2 is 2.03 bits per heavy atom. The molecular weight excluding hydrogens is 405 g/mol. The number of amides is 1. The summed E-state index contributed by atoms with van der Waals surface area (Å²) >= 11 is 0. The summed E-state index contributed by atoms with van der Waals surface area (Å²) in [6.07, 6.45) is -4.63. The molecule has 0 spiro atoms. The van der Waals surface area contributed by atoms with E-state index >= 15 is 0 Å². The molecule has 0 aliphatic heterocycles. The van der Waals surface area contributed by atoms with Crippen LogP contribution in [0.2, 0.25) is 0 Å². The van der Waals surface area contributed by atoms with Gasteiger partial charge in [0.1, 0.15) is 17.0 Å². The Kier molecular flexibility index (Phi) is 5.94. The molecule has 0 fully saturated rings. The molecule has 30 heavy (non-hydrogen) atoms. The van der Waals surface area contributed by atoms with Crippen LogP contribution in [0.3, 0.4) is 0 Å². The topological polar surface area (TPSA) is 124 Å². The number of fused-ring (bicyclic) bond motifs is 1. The van der Waals surface area contributed by atoms with Crippen molar-refractivity contribution < 1.29 is 32.2 Å². The molecule has 8 nitrogen and oxygen atoms in total. The zero-order chi connectivity index (χ0) is 22.1. The summed E-state index contributed by atoms with van der Waals surface area (Å²) in [5.74, 6) is -0.365. The van der Waals surface area contributed by atoms with Gasteiger partial charge in [-0.25, -0.2) is 9.97 Å². The summed E-state index contributed by atoms with van der Waals surface area (Å²) in [6.45, 7) is 1.34. The first-order valence-electron chi connectivity index (χ1n) is 8.88. The second-order valence-electron chi connectivity index (χ2n) is 6.41. The zero-order valence-corrected chi connectivity index (χ0v) is 16.1. The van der Waals surface area contributed by atoms with Gasteiger partial charge in [-0.3, -0.25) is 4.79 Å². The van der Waals surface area contributed by atoms with Gasteiger partial charge in [0.25, 0.3) is 5.91 Å². The van der Waals surface area contributed by atoms with E-state index in [4.69, 9.17) is 20.0 Å². The van der Waals surface area contributed by atoms with Crippen molar-refractivity contribution in [2.75, 3.05) is 20.3 Å². The molecule has 1 aromatic carbocycles. The molecule has 0 bridgehead atoms. The summed E-state index contributed by atoms with van der Waals surface area (Å²) in [4.78, 5) is 20.2. The fourth-order valence-electron chi connectivity index (χ4n) is 2.87. The number of aromatic nitrogens is 2. The number of oxazole rings is 1. The summed E-state index contributed by atoms with van der Waals surface area (Å²) in [6, 6.07) is 4.38. The molecule has 160 valence electrons. The van der Waals surface area contributed by atoms with Crippen LogP contribution in [0.4, 0.5) is 13.2 Å². The molecule has 11 heteroatoms. The number of rotatable bonds is 6. The highest BCUT2D eigenvalue weighted by Gasteiger charge is 2.33. The molecule has 4 N–H and O–H groups in total. The molecule has 0 saturated heterocycles. The number of halogens is 3. The molecule has 2 heterocycles. The molecule has 0 aliphatic carbocycles. The lowest BCUT2D eigenvalue weighted by Gasteiger charge is -2.11. The molecule has 1 unspecified atom stereocenters. The highest BCUT2D eigenvalue weighted by Crippen LogP contribution is 2.37. The highest BCUT2D eigenvalue weighted by atomic mass is 19.4. The van der Waals surface area contributed by atoms with E-state index in [9.17, 15) is 18.0 Å². The number of nitrogens with one attached hydrogen (secondary N) is 1. The average molecular weight is 424 g/mol. The number of carbonyl (C=O) groups excluding carboxylic acids is 1. The first kappa shape index (κ1) is 21.5. The van der Waals surface area contributed by atoms with Gasteiger partial charge in [0.05, 0.1) is 19.8 Å². The van der Waals surface area contributed by atoms with Gasteiger partial charge in [0, 0.05) is 17.5 Å². The number of aliphatic hydroxyl groups excluding tert-OH is 1. The van der Waals surface area contributed by atoms with Gasteiger partial charge in [-0.2, -0.15) is 13.2 Å². The molecule has 1 amide bonds. The predicted octanol–water partition coefficient (Wildman–Crippen LogP) is 2.66. The number of benzene rings is 1. The maximum Gasteiger partial charge on any atom is 0.433 e. The number of hydrogen-bond donors (Lipinski definition) is 3. The van der Waals surface area contributed by atoms with E-state index in [1.807, 2.05) is 0 Å². The Hall–Kier alpha value is -3.18. The van der Waals surface area contributed by atoms with E-state index in [1.54, 1.807) is 13.0 Å². The summed E-state index contributed by atoms with van der Waals surface area (Å²) in [7, 11) is 1.32. The highest BCUT2D eigenvalue weighted by molar-refractivity contribution is 5.98. The Bertz CT molecular complexity index is 1080. The van der Waals surface area contributed by atoms with Crippen LogP contribution < -0.4 is 15.8 Å². The first-order chi connectivity index (χ1) is 14.2. The number of ether oxygens (including phenoxy) is 1.